The Morgan fingerprint density at radius 3 is 1.49 bits per heavy atom. The van der Waals surface area contributed by atoms with Crippen LogP contribution in [-0.2, 0) is 28.6 Å². The van der Waals surface area contributed by atoms with Crippen molar-refractivity contribution in [1.29, 1.82) is 0 Å². The molecule has 0 aliphatic carbocycles. The summed E-state index contributed by atoms with van der Waals surface area (Å²) in [7, 11) is 5.50. The Labute approximate surface area is 336 Å². The third-order valence-corrected chi connectivity index (χ3v) is 9.21. The summed E-state index contributed by atoms with van der Waals surface area (Å²) in [5.74, 6) is -1.53. The van der Waals surface area contributed by atoms with Gasteiger partial charge in [-0.15, -0.1) is 0 Å². The lowest BCUT2D eigenvalue weighted by Gasteiger charge is -2.31. The van der Waals surface area contributed by atoms with Gasteiger partial charge in [-0.2, -0.15) is 0 Å². The average Bonchev–Trinajstić information content (AvgIpc) is 3.14. The first-order valence-corrected chi connectivity index (χ1v) is 21.5. The zero-order valence-electron chi connectivity index (χ0n) is 35.6. The van der Waals surface area contributed by atoms with Crippen LogP contribution >= 0.6 is 0 Å². The molecule has 0 bridgehead atoms. The van der Waals surface area contributed by atoms with Gasteiger partial charge in [0.1, 0.15) is 6.61 Å². The zero-order chi connectivity index (χ0) is 40.7. The summed E-state index contributed by atoms with van der Waals surface area (Å²) in [5.41, 5.74) is 0. The van der Waals surface area contributed by atoms with Crippen molar-refractivity contribution in [2.24, 2.45) is 0 Å². The van der Waals surface area contributed by atoms with E-state index >= 15 is 0 Å². The molecule has 0 radical (unpaired) electrons. The molecule has 314 valence electrons. The molecule has 0 amide bonds. The predicted octanol–water partition coefficient (Wildman–Crippen LogP) is 11.6. The van der Waals surface area contributed by atoms with E-state index in [2.05, 4.69) is 80.7 Å². The predicted molar refractivity (Wildman–Crippen MR) is 229 cm³/mol. The van der Waals surface area contributed by atoms with Gasteiger partial charge in [0.25, 0.3) is 0 Å². The maximum atomic E-state index is 12.7. The second-order valence-electron chi connectivity index (χ2n) is 15.3. The van der Waals surface area contributed by atoms with Crippen LogP contribution < -0.4 is 0 Å². The van der Waals surface area contributed by atoms with Crippen LogP contribution in [0.2, 0.25) is 0 Å². The van der Waals surface area contributed by atoms with Crippen LogP contribution in [-0.4, -0.2) is 80.6 Å². The number of ether oxygens (including phenoxy) is 3. The Morgan fingerprint density at radius 2 is 1.02 bits per heavy atom. The van der Waals surface area contributed by atoms with Gasteiger partial charge in [-0.05, 0) is 57.8 Å². The molecule has 0 aromatic carbocycles. The van der Waals surface area contributed by atoms with Crippen LogP contribution in [0.25, 0.3) is 0 Å². The highest BCUT2D eigenvalue weighted by molar-refractivity contribution is 5.72. The first kappa shape index (κ1) is 51.8. The van der Waals surface area contributed by atoms with E-state index in [9.17, 15) is 19.5 Å². The molecular formula is C47H80NO7+. The zero-order valence-corrected chi connectivity index (χ0v) is 35.6. The van der Waals surface area contributed by atoms with Crippen LogP contribution in [0.3, 0.4) is 0 Å². The number of rotatable bonds is 37. The topological polar surface area (TPSA) is 99.1 Å². The third kappa shape index (κ3) is 36.2. The number of carbonyl (C=O) groups is 3. The molecule has 0 aliphatic rings. The molecule has 2 unspecified atom stereocenters. The summed E-state index contributed by atoms with van der Waals surface area (Å²) in [6.45, 7) is 4.52. The molecule has 0 saturated carbocycles. The summed E-state index contributed by atoms with van der Waals surface area (Å²) in [6, 6.07) is -0.625. The van der Waals surface area contributed by atoms with Crippen molar-refractivity contribution in [3.63, 3.8) is 0 Å². The Hall–Kier alpha value is -3.23. The minimum atomic E-state index is -0.885. The van der Waals surface area contributed by atoms with E-state index in [4.69, 9.17) is 14.2 Å². The number of esters is 2. The van der Waals surface area contributed by atoms with Crippen molar-refractivity contribution in [3.05, 3.63) is 72.9 Å². The number of nitrogens with zero attached hydrogens (tertiary/aromatic N) is 1. The van der Waals surface area contributed by atoms with Gasteiger partial charge in [0.15, 0.2) is 12.1 Å². The number of likely N-dealkylation sites (N-methyl/N-ethyl adjacent to an activating group) is 1. The van der Waals surface area contributed by atoms with Gasteiger partial charge < -0.3 is 23.8 Å². The fourth-order valence-corrected chi connectivity index (χ4v) is 5.86. The van der Waals surface area contributed by atoms with Gasteiger partial charge in [0.2, 0.25) is 0 Å². The normalized spacial score (nSPS) is 13.7. The summed E-state index contributed by atoms with van der Waals surface area (Å²) in [5, 5.41) is 9.61. The Bertz CT molecular complexity index is 1130. The van der Waals surface area contributed by atoms with E-state index in [1.165, 1.54) is 32.1 Å². The smallest absolute Gasteiger partial charge is 0.362 e. The maximum Gasteiger partial charge on any atom is 0.362 e. The number of hydrogen-bond acceptors (Lipinski definition) is 6. The molecule has 0 rings (SSSR count). The average molecular weight is 771 g/mol. The van der Waals surface area contributed by atoms with Gasteiger partial charge in [-0.1, -0.05) is 151 Å². The molecule has 0 aromatic heterocycles. The second-order valence-corrected chi connectivity index (χ2v) is 15.3. The lowest BCUT2D eigenvalue weighted by atomic mass is 10.1. The van der Waals surface area contributed by atoms with E-state index in [-0.39, 0.29) is 36.2 Å². The number of unbranched alkanes of at least 4 members (excludes halogenated alkanes) is 15. The minimum absolute atomic E-state index is 0.0420. The highest BCUT2D eigenvalue weighted by atomic mass is 16.6. The van der Waals surface area contributed by atoms with Gasteiger partial charge in [0, 0.05) is 19.3 Å². The monoisotopic (exact) mass is 771 g/mol. The summed E-state index contributed by atoms with van der Waals surface area (Å²) < 4.78 is 17.2. The Morgan fingerprint density at radius 1 is 0.564 bits per heavy atom. The van der Waals surface area contributed by atoms with Crippen molar-refractivity contribution in [3.8, 4) is 0 Å². The fourth-order valence-electron chi connectivity index (χ4n) is 5.86. The van der Waals surface area contributed by atoms with Gasteiger partial charge in [0.05, 0.1) is 34.4 Å². The van der Waals surface area contributed by atoms with Crippen molar-refractivity contribution in [2.75, 3.05) is 41.0 Å². The van der Waals surface area contributed by atoms with Crippen LogP contribution in [0.15, 0.2) is 72.9 Å². The van der Waals surface area contributed by atoms with Crippen molar-refractivity contribution in [2.45, 2.75) is 167 Å². The highest BCUT2D eigenvalue weighted by Crippen LogP contribution is 2.13. The molecule has 0 saturated heterocycles. The van der Waals surface area contributed by atoms with E-state index in [1.54, 1.807) is 0 Å². The minimum Gasteiger partial charge on any atom is -0.477 e. The van der Waals surface area contributed by atoms with E-state index in [0.717, 1.165) is 89.9 Å². The lowest BCUT2D eigenvalue weighted by molar-refractivity contribution is -0.887. The molecule has 0 aromatic rings. The van der Waals surface area contributed by atoms with E-state index in [0.29, 0.717) is 19.3 Å². The van der Waals surface area contributed by atoms with E-state index in [1.807, 2.05) is 27.2 Å². The molecule has 8 nitrogen and oxygen atoms in total. The quantitative estimate of drug-likeness (QED) is 0.0291. The summed E-state index contributed by atoms with van der Waals surface area (Å²) in [6.07, 6.45) is 46.5. The Balaban J connectivity index is 4.44. The fraction of sp³-hybridized carbons (Fsp3) is 0.681. The number of quaternary nitrogens is 1. The first-order chi connectivity index (χ1) is 26.6. The number of carbonyl (C=O) groups excluding carboxylic acids is 2. The van der Waals surface area contributed by atoms with Crippen molar-refractivity contribution < 1.29 is 38.2 Å². The first-order valence-electron chi connectivity index (χ1n) is 21.5. The second kappa shape index (κ2) is 37.7. The lowest BCUT2D eigenvalue weighted by Crippen LogP contribution is -2.50. The SMILES string of the molecule is CC/C=C/C=C/C=C/CCCCCCCC(=O)OCC(COCCC(C(=O)O)[N+](C)(C)C)OC(=O)CCCCCCC/C=C/C=C/C=C/CCCCCCC. The van der Waals surface area contributed by atoms with Gasteiger partial charge in [-0.3, -0.25) is 9.59 Å². The van der Waals surface area contributed by atoms with Gasteiger partial charge in [-0.25, -0.2) is 4.79 Å². The van der Waals surface area contributed by atoms with Crippen LogP contribution in [0, 0.1) is 0 Å². The molecule has 8 heteroatoms. The van der Waals surface area contributed by atoms with Crippen molar-refractivity contribution >= 4 is 17.9 Å². The number of allylic oxidation sites excluding steroid dienone is 12. The number of carboxylic acids is 1. The molecule has 0 fully saturated rings. The van der Waals surface area contributed by atoms with Crippen LogP contribution in [0.5, 0.6) is 0 Å². The van der Waals surface area contributed by atoms with E-state index < -0.39 is 18.1 Å². The molecule has 55 heavy (non-hydrogen) atoms. The highest BCUT2D eigenvalue weighted by Gasteiger charge is 2.31. The molecular weight excluding hydrogens is 691 g/mol. The largest absolute Gasteiger partial charge is 0.477 e. The molecule has 0 spiro atoms. The van der Waals surface area contributed by atoms with Crippen molar-refractivity contribution in [1.82, 2.24) is 0 Å². The Kier molecular flexibility index (Phi) is 35.5. The summed E-state index contributed by atoms with van der Waals surface area (Å²) >= 11 is 0. The van der Waals surface area contributed by atoms with Crippen LogP contribution in [0.4, 0.5) is 0 Å². The summed E-state index contributed by atoms with van der Waals surface area (Å²) in [4.78, 5) is 36.9. The molecule has 0 aliphatic heterocycles. The molecule has 0 heterocycles. The standard InChI is InChI=1S/C47H79NO7/c1-6-8-10-12-14-16-18-20-21-22-23-24-26-28-30-32-34-36-38-46(50)55-43(41-53-40-39-44(47(51)52)48(3,4)5)42-54-45(49)37-35-33-31-29-27-25-19-17-15-13-11-9-7-2/h9,11,13,15,17-24,43-44H,6-8,10,12,14,16,25-42H2,1-5H3/p+1/b11-9+,15-13+,19-17+,20-18+,22-21+,24-23+. The van der Waals surface area contributed by atoms with Crippen LogP contribution in [0.1, 0.15) is 155 Å². The maximum absolute atomic E-state index is 12.7. The molecule has 2 atom stereocenters. The van der Waals surface area contributed by atoms with Gasteiger partial charge >= 0.3 is 17.9 Å². The molecule has 1 N–H and O–H groups in total. The number of aliphatic carboxylic acids is 1. The third-order valence-electron chi connectivity index (χ3n) is 9.21. The number of hydrogen-bond donors (Lipinski definition) is 1. The number of carboxylic acid groups (broad SMARTS) is 1.